The lowest BCUT2D eigenvalue weighted by Crippen LogP contribution is -2.27. The predicted octanol–water partition coefficient (Wildman–Crippen LogP) is 4.85. The van der Waals surface area contributed by atoms with Crippen LogP contribution >= 0.6 is 12.2 Å². The molecule has 0 saturated carbocycles. The molecule has 0 amide bonds. The summed E-state index contributed by atoms with van der Waals surface area (Å²) in [5.74, 6) is 0.740. The molecule has 1 N–H and O–H groups in total. The fourth-order valence-electron chi connectivity index (χ4n) is 2.94. The van der Waals surface area contributed by atoms with Crippen LogP contribution in [0.2, 0.25) is 0 Å². The summed E-state index contributed by atoms with van der Waals surface area (Å²) in [6.07, 6.45) is 4.99. The van der Waals surface area contributed by atoms with Crippen LogP contribution < -0.4 is 0 Å². The molecule has 0 aliphatic carbocycles. The molecule has 0 bridgehead atoms. The van der Waals surface area contributed by atoms with Crippen molar-refractivity contribution >= 4 is 24.4 Å². The smallest absolute Gasteiger partial charge is 0.217 e. The van der Waals surface area contributed by atoms with Crippen molar-refractivity contribution in [2.75, 3.05) is 6.54 Å². The lowest BCUT2D eigenvalue weighted by Gasteiger charge is -2.21. The first-order valence-electron chi connectivity index (χ1n) is 9.29. The SMILES string of the molecule is CCCN(Cc1ccc(C#N)cc1)Cn1[nH]c(/C=C/c2ccccc2)nc1=S. The van der Waals surface area contributed by atoms with Gasteiger partial charge < -0.3 is 0 Å². The molecular formula is C22H23N5S. The highest BCUT2D eigenvalue weighted by molar-refractivity contribution is 7.71. The van der Waals surface area contributed by atoms with E-state index >= 15 is 0 Å². The molecule has 0 aliphatic rings. The normalized spacial score (nSPS) is 11.2. The molecule has 0 saturated heterocycles. The summed E-state index contributed by atoms with van der Waals surface area (Å²) >= 11 is 5.43. The Bertz CT molecular complexity index is 1010. The van der Waals surface area contributed by atoms with E-state index in [1.165, 1.54) is 5.56 Å². The van der Waals surface area contributed by atoms with Crippen LogP contribution in [0.15, 0.2) is 54.6 Å². The number of aromatic nitrogens is 3. The Hall–Kier alpha value is -3.01. The summed E-state index contributed by atoms with van der Waals surface area (Å²) in [7, 11) is 0. The largest absolute Gasteiger partial charge is 0.280 e. The summed E-state index contributed by atoms with van der Waals surface area (Å²) in [4.78, 5) is 6.75. The van der Waals surface area contributed by atoms with E-state index in [-0.39, 0.29) is 0 Å². The number of aromatic amines is 1. The maximum atomic E-state index is 8.95. The van der Waals surface area contributed by atoms with E-state index in [9.17, 15) is 0 Å². The summed E-state index contributed by atoms with van der Waals surface area (Å²) in [6, 6.07) is 20.0. The average Bonchev–Trinajstić information content (AvgIpc) is 3.07. The van der Waals surface area contributed by atoms with Gasteiger partial charge in [-0.25, -0.2) is 4.68 Å². The Balaban J connectivity index is 1.70. The summed E-state index contributed by atoms with van der Waals surface area (Å²) in [5, 5.41) is 12.2. The van der Waals surface area contributed by atoms with Crippen LogP contribution in [-0.4, -0.2) is 26.2 Å². The second-order valence-corrected chi connectivity index (χ2v) is 6.93. The molecule has 0 aliphatic heterocycles. The van der Waals surface area contributed by atoms with E-state index in [2.05, 4.69) is 28.0 Å². The number of nitrogens with one attached hydrogen (secondary N) is 1. The van der Waals surface area contributed by atoms with Crippen LogP contribution in [0.5, 0.6) is 0 Å². The standard InChI is InChI=1S/C22H23N5S/c1-2-14-26(16-20-10-8-19(15-23)9-11-20)17-27-22(28)24-21(25-27)13-12-18-6-4-3-5-7-18/h3-13H,2,14,16-17H2,1H3,(H,24,25,28)/b13-12+. The highest BCUT2D eigenvalue weighted by atomic mass is 32.1. The van der Waals surface area contributed by atoms with Crippen molar-refractivity contribution in [3.8, 4) is 6.07 Å². The van der Waals surface area contributed by atoms with Crippen LogP contribution in [0, 0.1) is 16.1 Å². The van der Waals surface area contributed by atoms with Crippen molar-refractivity contribution in [3.05, 3.63) is 81.9 Å². The molecule has 3 aromatic rings. The maximum Gasteiger partial charge on any atom is 0.217 e. The van der Waals surface area contributed by atoms with Gasteiger partial charge in [0.05, 0.1) is 18.3 Å². The van der Waals surface area contributed by atoms with Crippen LogP contribution in [0.25, 0.3) is 12.2 Å². The van der Waals surface area contributed by atoms with E-state index in [0.717, 1.165) is 30.9 Å². The molecule has 0 radical (unpaired) electrons. The van der Waals surface area contributed by atoms with Gasteiger partial charge in [0.25, 0.3) is 0 Å². The Morgan fingerprint density at radius 3 is 2.57 bits per heavy atom. The minimum atomic E-state index is 0.536. The molecule has 0 atom stereocenters. The highest BCUT2D eigenvalue weighted by Gasteiger charge is 2.08. The zero-order chi connectivity index (χ0) is 19.8. The van der Waals surface area contributed by atoms with Gasteiger partial charge in [-0.1, -0.05) is 55.5 Å². The molecule has 2 aromatic carbocycles. The van der Waals surface area contributed by atoms with Gasteiger partial charge >= 0.3 is 0 Å². The van der Waals surface area contributed by atoms with Crippen LogP contribution in [0.1, 0.15) is 35.9 Å². The third-order valence-electron chi connectivity index (χ3n) is 4.30. The molecule has 1 heterocycles. The molecule has 28 heavy (non-hydrogen) atoms. The molecule has 5 nitrogen and oxygen atoms in total. The monoisotopic (exact) mass is 389 g/mol. The topological polar surface area (TPSA) is 60.6 Å². The van der Waals surface area contributed by atoms with E-state index in [0.29, 0.717) is 17.0 Å². The molecule has 6 heteroatoms. The van der Waals surface area contributed by atoms with Gasteiger partial charge in [-0.15, -0.1) is 0 Å². The van der Waals surface area contributed by atoms with Crippen LogP contribution in [-0.2, 0) is 13.2 Å². The molecule has 1 aromatic heterocycles. The minimum Gasteiger partial charge on any atom is -0.280 e. The fourth-order valence-corrected chi connectivity index (χ4v) is 3.14. The molecular weight excluding hydrogens is 366 g/mol. The van der Waals surface area contributed by atoms with E-state index < -0.39 is 0 Å². The van der Waals surface area contributed by atoms with Crippen molar-refractivity contribution in [3.63, 3.8) is 0 Å². The third-order valence-corrected chi connectivity index (χ3v) is 4.61. The Kier molecular flexibility index (Phi) is 6.90. The number of hydrogen-bond acceptors (Lipinski definition) is 4. The molecule has 142 valence electrons. The van der Waals surface area contributed by atoms with Crippen LogP contribution in [0.3, 0.4) is 0 Å². The van der Waals surface area contributed by atoms with Gasteiger partial charge in [-0.2, -0.15) is 10.2 Å². The summed E-state index contributed by atoms with van der Waals surface area (Å²) < 4.78 is 2.42. The van der Waals surface area contributed by atoms with E-state index in [1.54, 1.807) is 0 Å². The lowest BCUT2D eigenvalue weighted by molar-refractivity contribution is 0.197. The number of nitrogens with zero attached hydrogens (tertiary/aromatic N) is 4. The first-order chi connectivity index (χ1) is 13.7. The van der Waals surface area contributed by atoms with E-state index in [4.69, 9.17) is 17.5 Å². The predicted molar refractivity (Wildman–Crippen MR) is 115 cm³/mol. The first kappa shape index (κ1) is 19.7. The van der Waals surface area contributed by atoms with Crippen molar-refractivity contribution in [1.29, 1.82) is 5.26 Å². The van der Waals surface area contributed by atoms with Crippen molar-refractivity contribution in [2.45, 2.75) is 26.6 Å². The molecule has 3 rings (SSSR count). The number of hydrogen-bond donors (Lipinski definition) is 1. The second-order valence-electron chi connectivity index (χ2n) is 6.57. The number of benzene rings is 2. The first-order valence-corrected chi connectivity index (χ1v) is 9.70. The van der Waals surface area contributed by atoms with Crippen LogP contribution in [0.4, 0.5) is 0 Å². The third kappa shape index (κ3) is 5.49. The maximum absolute atomic E-state index is 8.95. The number of rotatable bonds is 8. The molecule has 0 spiro atoms. The Labute approximate surface area is 170 Å². The zero-order valence-corrected chi connectivity index (χ0v) is 16.7. The summed E-state index contributed by atoms with van der Waals surface area (Å²) in [5.41, 5.74) is 2.96. The molecule has 0 fully saturated rings. The molecule has 0 unspecified atom stereocenters. The number of nitriles is 1. The van der Waals surface area contributed by atoms with Gasteiger partial charge in [-0.05, 0) is 54.5 Å². The van der Waals surface area contributed by atoms with Crippen molar-refractivity contribution in [2.24, 2.45) is 0 Å². The van der Waals surface area contributed by atoms with Gasteiger partial charge in [0.2, 0.25) is 4.77 Å². The Morgan fingerprint density at radius 1 is 1.14 bits per heavy atom. The quantitative estimate of drug-likeness (QED) is 0.559. The van der Waals surface area contributed by atoms with Crippen molar-refractivity contribution < 1.29 is 0 Å². The highest BCUT2D eigenvalue weighted by Crippen LogP contribution is 2.10. The lowest BCUT2D eigenvalue weighted by atomic mass is 10.1. The second kappa shape index (κ2) is 9.79. The van der Waals surface area contributed by atoms with Gasteiger partial charge in [0.15, 0.2) is 0 Å². The van der Waals surface area contributed by atoms with Gasteiger partial charge in [0, 0.05) is 6.54 Å². The van der Waals surface area contributed by atoms with Gasteiger partial charge in [0.1, 0.15) is 5.82 Å². The fraction of sp³-hybridized carbons (Fsp3) is 0.227. The summed E-state index contributed by atoms with van der Waals surface area (Å²) in [6.45, 7) is 4.52. The number of H-pyrrole nitrogens is 1. The Morgan fingerprint density at radius 2 is 1.89 bits per heavy atom. The van der Waals surface area contributed by atoms with Gasteiger partial charge in [-0.3, -0.25) is 10.00 Å². The average molecular weight is 390 g/mol. The minimum absolute atomic E-state index is 0.536. The van der Waals surface area contributed by atoms with Crippen molar-refractivity contribution in [1.82, 2.24) is 19.7 Å². The van der Waals surface area contributed by atoms with E-state index in [1.807, 2.05) is 71.4 Å². The zero-order valence-electron chi connectivity index (χ0n) is 15.9.